The lowest BCUT2D eigenvalue weighted by Gasteiger charge is -2.24. The predicted octanol–water partition coefficient (Wildman–Crippen LogP) is 2.05. The average Bonchev–Trinajstić information content (AvgIpc) is 2.79. The van der Waals surface area contributed by atoms with Gasteiger partial charge in [-0.05, 0) is 25.0 Å². The molecule has 2 atom stereocenters. The summed E-state index contributed by atoms with van der Waals surface area (Å²) in [4.78, 5) is 0. The van der Waals surface area contributed by atoms with Crippen molar-refractivity contribution in [3.8, 4) is 0 Å². The summed E-state index contributed by atoms with van der Waals surface area (Å²) >= 11 is 0. The fraction of sp³-hybridized carbons (Fsp3) is 0.571. The third-order valence-corrected chi connectivity index (χ3v) is 3.17. The molecule has 0 aliphatic rings. The summed E-state index contributed by atoms with van der Waals surface area (Å²) in [6.07, 6.45) is 2.00. The second-order valence-electron chi connectivity index (χ2n) is 5.23. The lowest BCUT2D eigenvalue weighted by Crippen LogP contribution is -2.37. The van der Waals surface area contributed by atoms with Crippen LogP contribution in [0.2, 0.25) is 0 Å². The van der Waals surface area contributed by atoms with Crippen LogP contribution in [0.3, 0.4) is 0 Å². The van der Waals surface area contributed by atoms with Crippen molar-refractivity contribution in [3.63, 3.8) is 0 Å². The lowest BCUT2D eigenvalue weighted by molar-refractivity contribution is 0.160. The van der Waals surface area contributed by atoms with Crippen molar-refractivity contribution in [2.24, 2.45) is 5.92 Å². The highest BCUT2D eigenvalue weighted by atomic mass is 16.5. The molecule has 0 amide bonds. The van der Waals surface area contributed by atoms with E-state index in [0.29, 0.717) is 12.5 Å². The summed E-state index contributed by atoms with van der Waals surface area (Å²) in [5.74, 6) is 1.38. The van der Waals surface area contributed by atoms with E-state index in [2.05, 4.69) is 36.3 Å². The maximum absolute atomic E-state index is 5.18. The average molecular weight is 262 g/mol. The number of methoxy groups -OCH3 is 1. The first-order chi connectivity index (χ1) is 9.13. The Morgan fingerprint density at radius 2 is 2.05 bits per heavy atom. The first kappa shape index (κ1) is 14.0. The topological polar surface area (TPSA) is 51.5 Å². The number of rotatable bonds is 6. The van der Waals surface area contributed by atoms with Crippen molar-refractivity contribution in [2.75, 3.05) is 13.7 Å². The van der Waals surface area contributed by atoms with Crippen molar-refractivity contribution in [1.82, 2.24) is 19.9 Å². The zero-order valence-electron chi connectivity index (χ0n) is 12.0. The van der Waals surface area contributed by atoms with Gasteiger partial charge in [0.2, 0.25) is 0 Å². The monoisotopic (exact) mass is 262 g/mol. The Labute approximate surface area is 114 Å². The standard InChI is InChI=1S/C14H22N4O/c1-10(2)13(15-11(3)9-19-4)14-17-16-12-7-5-6-8-18(12)14/h5-8,10-11,13,15H,9H2,1-4H3/t11-,13-/m1/s1. The number of aromatic nitrogens is 3. The number of hydrogen-bond donors (Lipinski definition) is 1. The van der Waals surface area contributed by atoms with E-state index < -0.39 is 0 Å². The van der Waals surface area contributed by atoms with Gasteiger partial charge in [-0.1, -0.05) is 19.9 Å². The summed E-state index contributed by atoms with van der Waals surface area (Å²) < 4.78 is 7.22. The molecule has 0 bridgehead atoms. The number of nitrogens with zero attached hydrogens (tertiary/aromatic N) is 3. The summed E-state index contributed by atoms with van der Waals surface area (Å²) in [5, 5.41) is 12.1. The molecular formula is C14H22N4O. The van der Waals surface area contributed by atoms with E-state index >= 15 is 0 Å². The maximum Gasteiger partial charge on any atom is 0.160 e. The van der Waals surface area contributed by atoms with Crippen LogP contribution in [0.15, 0.2) is 24.4 Å². The van der Waals surface area contributed by atoms with Crippen LogP contribution < -0.4 is 5.32 Å². The van der Waals surface area contributed by atoms with Gasteiger partial charge in [-0.15, -0.1) is 10.2 Å². The molecule has 0 radical (unpaired) electrons. The molecule has 0 spiro atoms. The van der Waals surface area contributed by atoms with Crippen molar-refractivity contribution in [1.29, 1.82) is 0 Å². The Balaban J connectivity index is 2.28. The first-order valence-corrected chi connectivity index (χ1v) is 6.68. The van der Waals surface area contributed by atoms with Crippen LogP contribution in [-0.4, -0.2) is 34.4 Å². The number of hydrogen-bond acceptors (Lipinski definition) is 4. The second kappa shape index (κ2) is 6.12. The summed E-state index contributed by atoms with van der Waals surface area (Å²) in [6.45, 7) is 7.16. The van der Waals surface area contributed by atoms with E-state index in [1.807, 2.05) is 28.8 Å². The summed E-state index contributed by atoms with van der Waals surface area (Å²) in [7, 11) is 1.72. The van der Waals surface area contributed by atoms with Crippen molar-refractivity contribution >= 4 is 5.65 Å². The molecule has 0 saturated carbocycles. The minimum absolute atomic E-state index is 0.155. The van der Waals surface area contributed by atoms with Gasteiger partial charge in [-0.25, -0.2) is 0 Å². The smallest absolute Gasteiger partial charge is 0.160 e. The van der Waals surface area contributed by atoms with Crippen LogP contribution >= 0.6 is 0 Å². The number of ether oxygens (including phenoxy) is 1. The fourth-order valence-corrected chi connectivity index (χ4v) is 2.24. The van der Waals surface area contributed by atoms with Gasteiger partial charge in [0.05, 0.1) is 12.6 Å². The Hall–Kier alpha value is -1.46. The maximum atomic E-state index is 5.18. The molecule has 5 nitrogen and oxygen atoms in total. The van der Waals surface area contributed by atoms with Gasteiger partial charge in [0.15, 0.2) is 11.5 Å². The predicted molar refractivity (Wildman–Crippen MR) is 75.0 cm³/mol. The highest BCUT2D eigenvalue weighted by Crippen LogP contribution is 2.21. The molecule has 19 heavy (non-hydrogen) atoms. The van der Waals surface area contributed by atoms with Gasteiger partial charge >= 0.3 is 0 Å². The normalized spacial score (nSPS) is 15.0. The van der Waals surface area contributed by atoms with E-state index in [1.165, 1.54) is 0 Å². The van der Waals surface area contributed by atoms with Crippen molar-refractivity contribution < 1.29 is 4.74 Å². The second-order valence-corrected chi connectivity index (χ2v) is 5.23. The third-order valence-electron chi connectivity index (χ3n) is 3.17. The van der Waals surface area contributed by atoms with Crippen LogP contribution in [0.5, 0.6) is 0 Å². The van der Waals surface area contributed by atoms with Crippen LogP contribution in [0.25, 0.3) is 5.65 Å². The lowest BCUT2D eigenvalue weighted by atomic mass is 10.0. The number of fused-ring (bicyclic) bond motifs is 1. The molecule has 2 aromatic rings. The van der Waals surface area contributed by atoms with Gasteiger partial charge in [0.1, 0.15) is 0 Å². The SMILES string of the molecule is COC[C@@H](C)N[C@@H](c1nnc2ccccn12)C(C)C. The molecule has 5 heteroatoms. The molecule has 2 rings (SSSR count). The van der Waals surface area contributed by atoms with Gasteiger partial charge in [0, 0.05) is 19.3 Å². The molecule has 0 aliphatic carbocycles. The summed E-state index contributed by atoms with van der Waals surface area (Å²) in [6, 6.07) is 6.36. The van der Waals surface area contributed by atoms with Crippen LogP contribution in [-0.2, 0) is 4.74 Å². The molecular weight excluding hydrogens is 240 g/mol. The zero-order chi connectivity index (χ0) is 13.8. The Kier molecular flexibility index (Phi) is 4.50. The molecule has 0 unspecified atom stereocenters. The zero-order valence-corrected chi connectivity index (χ0v) is 12.0. The van der Waals surface area contributed by atoms with Gasteiger partial charge < -0.3 is 10.1 Å². The highest BCUT2D eigenvalue weighted by Gasteiger charge is 2.22. The molecule has 2 aromatic heterocycles. The fourth-order valence-electron chi connectivity index (χ4n) is 2.24. The van der Waals surface area contributed by atoms with Gasteiger partial charge in [-0.2, -0.15) is 0 Å². The Morgan fingerprint density at radius 1 is 1.26 bits per heavy atom. The van der Waals surface area contributed by atoms with Crippen LogP contribution in [0.4, 0.5) is 0 Å². The Bertz CT molecular complexity index is 523. The Morgan fingerprint density at radius 3 is 2.74 bits per heavy atom. The highest BCUT2D eigenvalue weighted by molar-refractivity contribution is 5.37. The molecule has 0 aromatic carbocycles. The molecule has 0 fully saturated rings. The van der Waals surface area contributed by atoms with Crippen molar-refractivity contribution in [3.05, 3.63) is 30.2 Å². The minimum atomic E-state index is 0.155. The largest absolute Gasteiger partial charge is 0.383 e. The molecule has 0 saturated heterocycles. The van der Waals surface area contributed by atoms with E-state index in [4.69, 9.17) is 4.74 Å². The molecule has 104 valence electrons. The number of nitrogens with one attached hydrogen (secondary N) is 1. The van der Waals surface area contributed by atoms with E-state index in [9.17, 15) is 0 Å². The molecule has 1 N–H and O–H groups in total. The van der Waals surface area contributed by atoms with E-state index in [-0.39, 0.29) is 12.1 Å². The number of pyridine rings is 1. The van der Waals surface area contributed by atoms with Crippen LogP contribution in [0.1, 0.15) is 32.6 Å². The molecule has 0 aliphatic heterocycles. The summed E-state index contributed by atoms with van der Waals surface area (Å²) in [5.41, 5.74) is 0.879. The van der Waals surface area contributed by atoms with E-state index in [1.54, 1.807) is 7.11 Å². The van der Waals surface area contributed by atoms with Gasteiger partial charge in [0.25, 0.3) is 0 Å². The first-order valence-electron chi connectivity index (χ1n) is 6.68. The van der Waals surface area contributed by atoms with Crippen molar-refractivity contribution in [2.45, 2.75) is 32.9 Å². The van der Waals surface area contributed by atoms with Gasteiger partial charge in [-0.3, -0.25) is 4.40 Å². The van der Waals surface area contributed by atoms with E-state index in [0.717, 1.165) is 11.5 Å². The quantitative estimate of drug-likeness (QED) is 0.865. The molecule has 2 heterocycles. The minimum Gasteiger partial charge on any atom is -0.383 e. The van der Waals surface area contributed by atoms with Crippen LogP contribution in [0, 0.1) is 5.92 Å². The third kappa shape index (κ3) is 3.11.